The molecule has 8 nitrogen and oxygen atoms in total. The highest BCUT2D eigenvalue weighted by Crippen LogP contribution is 2.33. The minimum atomic E-state index is -4.72. The topological polar surface area (TPSA) is 116 Å². The second-order valence-corrected chi connectivity index (χ2v) is 9.48. The largest absolute Gasteiger partial charge is 0.435 e. The third kappa shape index (κ3) is 6.47. The molecular weight excluding hydrogens is 540 g/mol. The molecule has 0 saturated carbocycles. The normalized spacial score (nSPS) is 14.4. The van der Waals surface area contributed by atoms with Crippen LogP contribution in [-0.2, 0) is 38.4 Å². The maximum absolute atomic E-state index is 14.7. The lowest BCUT2D eigenvalue weighted by Crippen LogP contribution is -2.37. The van der Waals surface area contributed by atoms with E-state index >= 15 is 0 Å². The Kier molecular flexibility index (Phi) is 8.32. The number of nitrogens with two attached hydrogens (primary N) is 1. The quantitative estimate of drug-likeness (QED) is 0.216. The lowest BCUT2D eigenvalue weighted by molar-refractivity contribution is -0.141. The fourth-order valence-electron chi connectivity index (χ4n) is 3.71. The fourth-order valence-corrected chi connectivity index (χ4v) is 4.30. The third-order valence-corrected chi connectivity index (χ3v) is 6.44. The molecule has 3 aromatic rings. The molecule has 2 atom stereocenters. The maximum atomic E-state index is 14.7. The molecule has 0 aliphatic rings. The molecule has 1 aromatic heterocycles. The van der Waals surface area contributed by atoms with E-state index < -0.39 is 46.2 Å². The van der Waals surface area contributed by atoms with Crippen LogP contribution in [0.1, 0.15) is 47.8 Å². The van der Waals surface area contributed by atoms with Crippen LogP contribution in [0.5, 0.6) is 0 Å². The molecule has 2 aromatic carbocycles. The Morgan fingerprint density at radius 3 is 2.49 bits per heavy atom. The molecule has 0 saturated heterocycles. The number of carbonyl (C=O) groups excluding carboxylic acids is 1. The zero-order valence-electron chi connectivity index (χ0n) is 19.8. The molecule has 1 heterocycles. The van der Waals surface area contributed by atoms with Crippen molar-refractivity contribution in [3.8, 4) is 5.69 Å². The molecule has 200 valence electrons. The van der Waals surface area contributed by atoms with Crippen LogP contribution in [0.2, 0.25) is 5.02 Å². The highest BCUT2D eigenvalue weighted by molar-refractivity contribution is 7.67. The molecule has 37 heavy (non-hydrogen) atoms. The number of nitrogens with one attached hydrogen (secondary N) is 1. The molecule has 0 radical (unpaired) electrons. The van der Waals surface area contributed by atoms with Gasteiger partial charge in [0.05, 0.1) is 23.8 Å². The van der Waals surface area contributed by atoms with Gasteiger partial charge in [-0.2, -0.15) is 18.3 Å². The van der Waals surface area contributed by atoms with Crippen molar-refractivity contribution in [2.45, 2.75) is 45.1 Å². The molecule has 0 spiro atoms. The van der Waals surface area contributed by atoms with Gasteiger partial charge in [-0.1, -0.05) is 29.8 Å². The summed E-state index contributed by atoms with van der Waals surface area (Å²) in [5.74, 6) is -2.42. The van der Waals surface area contributed by atoms with E-state index in [2.05, 4.69) is 14.6 Å². The minimum Gasteiger partial charge on any atom is -0.350 e. The van der Waals surface area contributed by atoms with Crippen molar-refractivity contribution >= 4 is 28.5 Å². The van der Waals surface area contributed by atoms with E-state index in [1.54, 1.807) is 12.1 Å². The van der Waals surface area contributed by atoms with E-state index in [1.165, 1.54) is 38.1 Å². The van der Waals surface area contributed by atoms with Gasteiger partial charge in [0.1, 0.15) is 5.82 Å². The van der Waals surface area contributed by atoms with Crippen LogP contribution in [0.25, 0.3) is 5.69 Å². The van der Waals surface area contributed by atoms with E-state index in [4.69, 9.17) is 17.3 Å². The van der Waals surface area contributed by atoms with E-state index in [-0.39, 0.29) is 39.6 Å². The van der Waals surface area contributed by atoms with Crippen LogP contribution < -0.4 is 11.1 Å². The number of halogens is 5. The first-order chi connectivity index (χ1) is 17.1. The van der Waals surface area contributed by atoms with Crippen molar-refractivity contribution in [3.05, 3.63) is 81.4 Å². The summed E-state index contributed by atoms with van der Waals surface area (Å²) in [6.07, 6.45) is -4.72. The number of aromatic nitrogens is 2. The first kappa shape index (κ1) is 28.6. The summed E-state index contributed by atoms with van der Waals surface area (Å²) < 4.78 is 82.6. The monoisotopic (exact) mass is 562 g/mol. The Hall–Kier alpha value is -3.00. The Labute approximate surface area is 216 Å². The van der Waals surface area contributed by atoms with Gasteiger partial charge in [0.2, 0.25) is 5.91 Å². The van der Waals surface area contributed by atoms with Crippen LogP contribution in [0.15, 0.2) is 42.5 Å². The third-order valence-electron chi connectivity index (χ3n) is 5.68. The number of benzene rings is 2. The first-order valence-electron chi connectivity index (χ1n) is 10.7. The van der Waals surface area contributed by atoms with Crippen LogP contribution in [0.4, 0.5) is 17.6 Å². The van der Waals surface area contributed by atoms with Crippen molar-refractivity contribution in [1.29, 1.82) is 0 Å². The number of alkyl halides is 3. The summed E-state index contributed by atoms with van der Waals surface area (Å²) in [5.41, 5.74) is 2.82. The summed E-state index contributed by atoms with van der Waals surface area (Å²) in [7, 11) is -3.35. The van der Waals surface area contributed by atoms with Gasteiger partial charge >= 0.3 is 6.18 Å². The molecule has 2 unspecified atom stereocenters. The number of hydrogen-bond donors (Lipinski definition) is 3. The molecule has 0 bridgehead atoms. The van der Waals surface area contributed by atoms with E-state index in [1.807, 2.05) is 0 Å². The molecule has 14 heteroatoms. The molecule has 0 aliphatic heterocycles. The van der Waals surface area contributed by atoms with Gasteiger partial charge in [-0.25, -0.2) is 21.7 Å². The van der Waals surface area contributed by atoms with Gasteiger partial charge in [0, 0.05) is 16.1 Å². The van der Waals surface area contributed by atoms with E-state index in [0.29, 0.717) is 0 Å². The number of nitrogens with zero attached hydrogens (tertiary/aromatic N) is 2. The highest BCUT2D eigenvalue weighted by atomic mass is 35.5. The minimum absolute atomic E-state index is 0.0828. The van der Waals surface area contributed by atoms with Crippen LogP contribution in [-0.4, -0.2) is 24.1 Å². The standard InChI is InChI=1S/C23H23ClF4N4O4S/c1-12(14-7-8-17(18(25)9-14)22(3,29)36-37(34)35)21(33)30-11-19-13(2)20(23(26,27)28)31-32(19)16-6-4-5-15(24)10-16/h4-10,12,37H,11,29H2,1-3H3,(H,30,33). The smallest absolute Gasteiger partial charge is 0.350 e. The number of thiol groups is 1. The summed E-state index contributed by atoms with van der Waals surface area (Å²) in [6.45, 7) is 3.57. The van der Waals surface area contributed by atoms with Crippen molar-refractivity contribution in [2.75, 3.05) is 0 Å². The molecule has 3 rings (SSSR count). The summed E-state index contributed by atoms with van der Waals surface area (Å²) in [5, 5.41) is 6.56. The predicted octanol–water partition coefficient (Wildman–Crippen LogP) is 4.09. The molecule has 3 N–H and O–H groups in total. The first-order valence-corrected chi connectivity index (χ1v) is 12.2. The molecular formula is C23H23ClF4N4O4S. The number of hydrogen-bond acceptors (Lipinski definition) is 6. The Morgan fingerprint density at radius 2 is 1.92 bits per heavy atom. The number of carbonyl (C=O) groups is 1. The molecule has 0 fully saturated rings. The average Bonchev–Trinajstić information content (AvgIpc) is 3.12. The second-order valence-electron chi connectivity index (χ2n) is 8.41. The van der Waals surface area contributed by atoms with Crippen LogP contribution >= 0.6 is 11.6 Å². The van der Waals surface area contributed by atoms with Crippen LogP contribution in [0.3, 0.4) is 0 Å². The summed E-state index contributed by atoms with van der Waals surface area (Å²) in [4.78, 5) is 12.8. The zero-order valence-corrected chi connectivity index (χ0v) is 21.4. The Bertz CT molecular complexity index is 1400. The van der Waals surface area contributed by atoms with Gasteiger partial charge in [0.25, 0.3) is 11.0 Å². The number of amides is 1. The van der Waals surface area contributed by atoms with Crippen LogP contribution in [0, 0.1) is 12.7 Å². The highest BCUT2D eigenvalue weighted by Gasteiger charge is 2.38. The fraction of sp³-hybridized carbons (Fsp3) is 0.304. The van der Waals surface area contributed by atoms with Gasteiger partial charge in [-0.15, -0.1) is 0 Å². The van der Waals surface area contributed by atoms with Gasteiger partial charge < -0.3 is 5.32 Å². The molecule has 0 aliphatic carbocycles. The number of rotatable bonds is 8. The van der Waals surface area contributed by atoms with Gasteiger partial charge in [-0.3, -0.25) is 10.5 Å². The van der Waals surface area contributed by atoms with E-state index in [9.17, 15) is 30.8 Å². The Morgan fingerprint density at radius 1 is 1.24 bits per heavy atom. The van der Waals surface area contributed by atoms with Gasteiger partial charge in [-0.05, 0) is 50.6 Å². The van der Waals surface area contributed by atoms with Gasteiger partial charge in [0.15, 0.2) is 11.4 Å². The summed E-state index contributed by atoms with van der Waals surface area (Å²) >= 11 is 5.99. The van der Waals surface area contributed by atoms with Crippen molar-refractivity contribution in [2.24, 2.45) is 5.73 Å². The maximum Gasteiger partial charge on any atom is 0.435 e. The SMILES string of the molecule is Cc1c(C(F)(F)F)nn(-c2cccc(Cl)c2)c1CNC(=O)C(C)c1ccc(C(C)(N)O[SH](=O)=O)c(F)c1. The molecule has 1 amide bonds. The lowest BCUT2D eigenvalue weighted by Gasteiger charge is -2.23. The van der Waals surface area contributed by atoms with E-state index in [0.717, 1.165) is 17.7 Å². The van der Waals surface area contributed by atoms with Crippen molar-refractivity contribution in [1.82, 2.24) is 15.1 Å². The van der Waals surface area contributed by atoms with Crippen molar-refractivity contribution in [3.63, 3.8) is 0 Å². The Balaban J connectivity index is 1.86. The second kappa shape index (κ2) is 10.8. The average molecular weight is 563 g/mol. The summed E-state index contributed by atoms with van der Waals surface area (Å²) in [6, 6.07) is 9.64. The lowest BCUT2D eigenvalue weighted by atomic mass is 9.96. The van der Waals surface area contributed by atoms with Crippen molar-refractivity contribution < 1.29 is 35.0 Å². The predicted molar refractivity (Wildman–Crippen MR) is 128 cm³/mol. The zero-order chi connectivity index (χ0) is 27.7.